The summed E-state index contributed by atoms with van der Waals surface area (Å²) in [6, 6.07) is 8.69. The van der Waals surface area contributed by atoms with Crippen LogP contribution < -0.4 is 0 Å². The van der Waals surface area contributed by atoms with Crippen molar-refractivity contribution in [3.05, 3.63) is 59.7 Å². The summed E-state index contributed by atoms with van der Waals surface area (Å²) >= 11 is 0. The molecule has 1 aromatic carbocycles. The first-order chi connectivity index (χ1) is 19.7. The quantitative estimate of drug-likeness (QED) is 0.395. The summed E-state index contributed by atoms with van der Waals surface area (Å²) in [4.78, 5) is 26.8. The van der Waals surface area contributed by atoms with Crippen LogP contribution in [-0.2, 0) is 28.5 Å². The summed E-state index contributed by atoms with van der Waals surface area (Å²) in [6.45, 7) is 14.7. The van der Waals surface area contributed by atoms with Crippen LogP contribution in [0, 0.1) is 22.7 Å². The lowest BCUT2D eigenvalue weighted by molar-refractivity contribution is -0.391. The Hall–Kier alpha value is -2.56. The van der Waals surface area contributed by atoms with Crippen LogP contribution in [0.25, 0.3) is 0 Å². The largest absolute Gasteiger partial charge is 0.457 e. The fraction of sp³-hybridized carbons (Fsp3) is 0.636. The lowest BCUT2D eigenvalue weighted by atomic mass is 9.49. The van der Waals surface area contributed by atoms with Gasteiger partial charge in [-0.05, 0) is 51.0 Å². The molecular weight excluding hydrogens is 540 g/mol. The number of aliphatic hydroxyl groups is 2. The fourth-order valence-electron chi connectivity index (χ4n) is 9.35. The van der Waals surface area contributed by atoms with Crippen molar-refractivity contribution in [2.24, 2.45) is 22.7 Å². The molecule has 0 radical (unpaired) electrons. The fourth-order valence-corrected chi connectivity index (χ4v) is 9.35. The lowest BCUT2D eigenvalue weighted by Crippen LogP contribution is -2.80. The molecule has 1 aromatic rings. The highest BCUT2D eigenvalue weighted by molar-refractivity contribution is 5.89. The topological polar surface area (TPSA) is 121 Å². The molecule has 3 aliphatic carbocycles. The Morgan fingerprint density at radius 1 is 1.17 bits per heavy atom. The first-order valence-corrected chi connectivity index (χ1v) is 14.8. The summed E-state index contributed by atoms with van der Waals surface area (Å²) in [5, 5.41) is 23.7. The van der Waals surface area contributed by atoms with E-state index in [1.54, 1.807) is 44.2 Å². The molecule has 0 amide bonds. The van der Waals surface area contributed by atoms with Crippen LogP contribution in [0.15, 0.2) is 54.1 Å². The number of rotatable bonds is 5. The smallest absolute Gasteiger partial charge is 0.338 e. The second-order valence-electron chi connectivity index (χ2n) is 13.5. The minimum atomic E-state index is -1.48. The molecule has 6 rings (SSSR count). The molecule has 2 saturated heterocycles. The third-order valence-corrected chi connectivity index (χ3v) is 11.0. The van der Waals surface area contributed by atoms with Crippen molar-refractivity contribution in [1.29, 1.82) is 0 Å². The van der Waals surface area contributed by atoms with E-state index in [4.69, 9.17) is 23.7 Å². The van der Waals surface area contributed by atoms with Crippen LogP contribution in [0.4, 0.5) is 0 Å². The van der Waals surface area contributed by atoms with Crippen molar-refractivity contribution in [2.75, 3.05) is 6.61 Å². The maximum absolute atomic E-state index is 14.0. The molecule has 228 valence electrons. The van der Waals surface area contributed by atoms with Crippen molar-refractivity contribution in [3.63, 3.8) is 0 Å². The van der Waals surface area contributed by atoms with Gasteiger partial charge in [0.15, 0.2) is 11.9 Å². The van der Waals surface area contributed by atoms with Gasteiger partial charge in [-0.25, -0.2) is 4.79 Å². The molecule has 2 saturated carbocycles. The van der Waals surface area contributed by atoms with Crippen molar-refractivity contribution < 1.29 is 43.5 Å². The summed E-state index contributed by atoms with van der Waals surface area (Å²) in [5.74, 6) is -2.11. The molecule has 0 bridgehead atoms. The van der Waals surface area contributed by atoms with Crippen molar-refractivity contribution >= 4 is 11.9 Å². The van der Waals surface area contributed by atoms with Gasteiger partial charge in [0, 0.05) is 24.7 Å². The van der Waals surface area contributed by atoms with Crippen LogP contribution in [0.2, 0.25) is 0 Å². The van der Waals surface area contributed by atoms with E-state index >= 15 is 0 Å². The monoisotopic (exact) mass is 582 g/mol. The molecule has 0 aromatic heterocycles. The van der Waals surface area contributed by atoms with Crippen LogP contribution in [-0.4, -0.2) is 76.8 Å². The van der Waals surface area contributed by atoms with E-state index < -0.39 is 76.7 Å². The molecule has 11 atom stereocenters. The Balaban J connectivity index is 1.67. The van der Waals surface area contributed by atoms with Gasteiger partial charge in [0.1, 0.15) is 12.2 Å². The third kappa shape index (κ3) is 3.80. The van der Waals surface area contributed by atoms with E-state index in [2.05, 4.69) is 13.5 Å². The first kappa shape index (κ1) is 29.5. The highest BCUT2D eigenvalue weighted by atomic mass is 16.7. The molecule has 2 N–H and O–H groups in total. The van der Waals surface area contributed by atoms with Crippen LogP contribution >= 0.6 is 0 Å². The summed E-state index contributed by atoms with van der Waals surface area (Å²) < 4.78 is 32.1. The van der Waals surface area contributed by atoms with Crippen molar-refractivity contribution in [3.8, 4) is 0 Å². The third-order valence-electron chi connectivity index (χ3n) is 11.0. The maximum atomic E-state index is 14.0. The van der Waals surface area contributed by atoms with Gasteiger partial charge in [-0.2, -0.15) is 0 Å². The minimum Gasteiger partial charge on any atom is -0.457 e. The van der Waals surface area contributed by atoms with Gasteiger partial charge in [-0.1, -0.05) is 44.2 Å². The maximum Gasteiger partial charge on any atom is 0.338 e. The molecular formula is C33H42O9. The number of carbonyl (C=O) groups excluding carboxylic acids is 2. The summed E-state index contributed by atoms with van der Waals surface area (Å²) in [5.41, 5.74) is -2.92. The van der Waals surface area contributed by atoms with E-state index in [-0.39, 0.29) is 18.9 Å². The predicted molar refractivity (Wildman–Crippen MR) is 151 cm³/mol. The van der Waals surface area contributed by atoms with Gasteiger partial charge in [0.05, 0.1) is 47.4 Å². The van der Waals surface area contributed by atoms with E-state index in [0.717, 1.165) is 11.1 Å². The van der Waals surface area contributed by atoms with Gasteiger partial charge in [0.2, 0.25) is 0 Å². The number of fused-ring (bicyclic) bond motifs is 3. The summed E-state index contributed by atoms with van der Waals surface area (Å²) in [7, 11) is 0. The number of hydrogen-bond acceptors (Lipinski definition) is 9. The number of esters is 2. The number of carbonyl (C=O) groups is 2. The zero-order chi connectivity index (χ0) is 30.4. The molecule has 4 fully saturated rings. The minimum absolute atomic E-state index is 0.0954. The van der Waals surface area contributed by atoms with Crippen molar-refractivity contribution in [1.82, 2.24) is 0 Å². The molecule has 9 nitrogen and oxygen atoms in total. The average Bonchev–Trinajstić information content (AvgIpc) is 3.17. The molecule has 42 heavy (non-hydrogen) atoms. The van der Waals surface area contributed by atoms with Crippen molar-refractivity contribution in [2.45, 2.75) is 102 Å². The van der Waals surface area contributed by atoms with E-state index in [1.807, 2.05) is 19.9 Å². The number of ether oxygens (including phenoxy) is 5. The summed E-state index contributed by atoms with van der Waals surface area (Å²) in [6.07, 6.45) is -1.95. The molecule has 0 spiro atoms. The van der Waals surface area contributed by atoms with E-state index in [1.165, 1.54) is 6.92 Å². The number of aliphatic hydroxyl groups excluding tert-OH is 1. The van der Waals surface area contributed by atoms with Gasteiger partial charge < -0.3 is 33.9 Å². The Kier molecular flexibility index (Phi) is 6.83. The molecule has 5 aliphatic rings. The second kappa shape index (κ2) is 9.72. The Bertz CT molecular complexity index is 1320. The molecule has 1 unspecified atom stereocenters. The van der Waals surface area contributed by atoms with Crippen LogP contribution in [0.5, 0.6) is 0 Å². The first-order valence-electron chi connectivity index (χ1n) is 14.8. The van der Waals surface area contributed by atoms with Gasteiger partial charge >= 0.3 is 11.9 Å². The zero-order valence-corrected chi connectivity index (χ0v) is 25.2. The molecule has 2 aliphatic heterocycles. The highest BCUT2D eigenvalue weighted by Crippen LogP contribution is 2.70. The Labute approximate surface area is 246 Å². The average molecular weight is 583 g/mol. The predicted octanol–water partition coefficient (Wildman–Crippen LogP) is 3.72. The van der Waals surface area contributed by atoms with Gasteiger partial charge in [-0.3, -0.25) is 4.79 Å². The SMILES string of the molecule is C=CC1O[C@H]2C[C@H]3OC[C@@]3(OC(C)=O)[C@H]3[C@H](OC(=O)c4ccccc4)[C@]4(C(C)(C)O)C[C@H](O)C(C)=C4[C@H](C)[C@H](O1)[C@]23C. The van der Waals surface area contributed by atoms with E-state index in [9.17, 15) is 19.8 Å². The lowest BCUT2D eigenvalue weighted by Gasteiger charge is -2.67. The van der Waals surface area contributed by atoms with Crippen LogP contribution in [0.1, 0.15) is 64.7 Å². The normalized spacial score (nSPS) is 44.1. The molecule has 9 heteroatoms. The second-order valence-corrected chi connectivity index (χ2v) is 13.5. The standard InChI is InChI=1S/C33H42O9/c1-8-24-39-22-14-23-33(16-38-23,42-19(4)34)26-28(41-29(36)20-12-10-9-11-13-20)32(30(5,6)37)15-21(35)17(2)25(32)18(3)27(40-24)31(22,26)7/h8-13,18,21-24,26-28,35,37H,1,14-16H2,2-7H3/t18-,21-,22-,23+,24?,26-,27-,28-,31+,32-,33-/m0/s1. The van der Waals surface area contributed by atoms with Gasteiger partial charge in [0.25, 0.3) is 0 Å². The van der Waals surface area contributed by atoms with E-state index in [0.29, 0.717) is 12.0 Å². The number of benzene rings is 1. The Morgan fingerprint density at radius 2 is 1.86 bits per heavy atom. The molecule has 2 heterocycles. The zero-order valence-electron chi connectivity index (χ0n) is 25.2. The van der Waals surface area contributed by atoms with Gasteiger partial charge in [-0.15, -0.1) is 0 Å². The number of hydrogen-bond donors (Lipinski definition) is 2. The Morgan fingerprint density at radius 3 is 2.43 bits per heavy atom. The highest BCUT2D eigenvalue weighted by Gasteiger charge is 2.79. The van der Waals surface area contributed by atoms with Crippen LogP contribution in [0.3, 0.4) is 0 Å².